The first-order valence-corrected chi connectivity index (χ1v) is 10.6. The molecule has 3 aromatic rings. The summed E-state index contributed by atoms with van der Waals surface area (Å²) in [6.45, 7) is 2.53. The summed E-state index contributed by atoms with van der Waals surface area (Å²) in [5.74, 6) is -1.62. The fourth-order valence-electron chi connectivity index (χ4n) is 4.03. The van der Waals surface area contributed by atoms with Gasteiger partial charge < -0.3 is 19.8 Å². The van der Waals surface area contributed by atoms with Gasteiger partial charge in [0.2, 0.25) is 0 Å². The molecular formula is C25H25FN2O4. The van der Waals surface area contributed by atoms with E-state index in [1.807, 2.05) is 37.3 Å². The van der Waals surface area contributed by atoms with Crippen molar-refractivity contribution in [3.8, 4) is 11.5 Å². The molecule has 0 bridgehead atoms. The molecule has 1 aliphatic heterocycles. The van der Waals surface area contributed by atoms with Crippen LogP contribution in [0.15, 0.2) is 60.7 Å². The molecule has 0 spiro atoms. The standard InChI is InChI=1S/C25H25FN2O4/c1-16-12-13-21(32-15-17-7-3-2-4-8-17)22(27-16)24(30)20-11-6-14-28(20)25(31)18-9-5-10-19(26)23(18)29/h2-5,7-10,12-13,20,24,29-30H,6,11,14-15H2,1H3. The summed E-state index contributed by atoms with van der Waals surface area (Å²) >= 11 is 0. The third-order valence-corrected chi connectivity index (χ3v) is 5.68. The molecule has 2 N–H and O–H groups in total. The summed E-state index contributed by atoms with van der Waals surface area (Å²) in [7, 11) is 0. The van der Waals surface area contributed by atoms with Gasteiger partial charge in [0.1, 0.15) is 24.2 Å². The van der Waals surface area contributed by atoms with Gasteiger partial charge in [-0.1, -0.05) is 36.4 Å². The van der Waals surface area contributed by atoms with Crippen LogP contribution in [0, 0.1) is 12.7 Å². The van der Waals surface area contributed by atoms with Gasteiger partial charge in [-0.2, -0.15) is 0 Å². The predicted octanol–water partition coefficient (Wildman–Crippen LogP) is 4.15. The third kappa shape index (κ3) is 4.43. The van der Waals surface area contributed by atoms with Crippen LogP contribution in [-0.2, 0) is 6.61 Å². The number of ether oxygens (including phenoxy) is 1. The molecule has 2 atom stereocenters. The first kappa shape index (κ1) is 21.8. The number of hydrogen-bond donors (Lipinski definition) is 2. The molecule has 1 amide bonds. The Balaban J connectivity index is 1.59. The van der Waals surface area contributed by atoms with Crippen LogP contribution in [0.2, 0.25) is 0 Å². The summed E-state index contributed by atoms with van der Waals surface area (Å²) in [5, 5.41) is 21.3. The predicted molar refractivity (Wildman–Crippen MR) is 117 cm³/mol. The Morgan fingerprint density at radius 1 is 1.19 bits per heavy atom. The zero-order chi connectivity index (χ0) is 22.7. The van der Waals surface area contributed by atoms with Gasteiger partial charge in [0.05, 0.1) is 11.6 Å². The molecule has 6 nitrogen and oxygen atoms in total. The highest BCUT2D eigenvalue weighted by atomic mass is 19.1. The van der Waals surface area contributed by atoms with Crippen LogP contribution in [0.3, 0.4) is 0 Å². The highest BCUT2D eigenvalue weighted by Crippen LogP contribution is 2.35. The van der Waals surface area contributed by atoms with Crippen molar-refractivity contribution in [3.63, 3.8) is 0 Å². The number of aliphatic hydroxyl groups is 1. The highest BCUT2D eigenvalue weighted by Gasteiger charge is 2.38. The average Bonchev–Trinajstić information content (AvgIpc) is 3.30. The topological polar surface area (TPSA) is 82.9 Å². The zero-order valence-electron chi connectivity index (χ0n) is 17.7. The summed E-state index contributed by atoms with van der Waals surface area (Å²) < 4.78 is 19.7. The number of hydrogen-bond acceptors (Lipinski definition) is 5. The van der Waals surface area contributed by atoms with Crippen molar-refractivity contribution in [2.24, 2.45) is 0 Å². The van der Waals surface area contributed by atoms with Crippen molar-refractivity contribution < 1.29 is 24.1 Å². The molecule has 2 aromatic carbocycles. The average molecular weight is 436 g/mol. The van der Waals surface area contributed by atoms with Crippen molar-refractivity contribution in [1.29, 1.82) is 0 Å². The maximum Gasteiger partial charge on any atom is 0.258 e. The van der Waals surface area contributed by atoms with Crippen LogP contribution in [0.5, 0.6) is 11.5 Å². The van der Waals surface area contributed by atoms with Gasteiger partial charge in [-0.25, -0.2) is 4.39 Å². The number of aryl methyl sites for hydroxylation is 1. The number of phenolic OH excluding ortho intramolecular Hbond substituents is 1. The molecule has 1 fully saturated rings. The first-order chi connectivity index (χ1) is 15.5. The monoisotopic (exact) mass is 436 g/mol. The van der Waals surface area contributed by atoms with Crippen LogP contribution in [0.1, 0.15) is 46.3 Å². The van der Waals surface area contributed by atoms with E-state index in [1.165, 1.54) is 17.0 Å². The minimum Gasteiger partial charge on any atom is -0.504 e. The molecule has 2 heterocycles. The molecule has 1 saturated heterocycles. The number of aromatic hydroxyl groups is 1. The molecule has 0 aliphatic carbocycles. The quantitative estimate of drug-likeness (QED) is 0.607. The van der Waals surface area contributed by atoms with Crippen molar-refractivity contribution >= 4 is 5.91 Å². The van der Waals surface area contributed by atoms with E-state index in [4.69, 9.17) is 4.74 Å². The van der Waals surface area contributed by atoms with E-state index in [0.717, 1.165) is 11.6 Å². The number of halogens is 1. The minimum absolute atomic E-state index is 0.123. The van der Waals surface area contributed by atoms with E-state index in [0.29, 0.717) is 43.1 Å². The molecule has 1 aromatic heterocycles. The number of carbonyl (C=O) groups is 1. The Morgan fingerprint density at radius 3 is 2.75 bits per heavy atom. The van der Waals surface area contributed by atoms with E-state index in [9.17, 15) is 19.4 Å². The van der Waals surface area contributed by atoms with Crippen molar-refractivity contribution in [2.45, 2.75) is 38.5 Å². The lowest BCUT2D eigenvalue weighted by Gasteiger charge is -2.29. The molecule has 32 heavy (non-hydrogen) atoms. The largest absolute Gasteiger partial charge is 0.504 e. The molecule has 166 valence electrons. The lowest BCUT2D eigenvalue weighted by atomic mass is 10.0. The molecule has 1 aliphatic rings. The number of carbonyl (C=O) groups excluding carboxylic acids is 1. The summed E-state index contributed by atoms with van der Waals surface area (Å²) in [6.07, 6.45) is 0.134. The van der Waals surface area contributed by atoms with Gasteiger partial charge in [-0.3, -0.25) is 9.78 Å². The Kier molecular flexibility index (Phi) is 6.37. The van der Waals surface area contributed by atoms with Gasteiger partial charge in [-0.15, -0.1) is 0 Å². The second-order valence-corrected chi connectivity index (χ2v) is 7.90. The molecule has 0 saturated carbocycles. The molecule has 7 heteroatoms. The fourth-order valence-corrected chi connectivity index (χ4v) is 4.03. The maximum atomic E-state index is 13.8. The van der Waals surface area contributed by atoms with Crippen LogP contribution < -0.4 is 4.74 Å². The molecule has 4 rings (SSSR count). The number of amides is 1. The lowest BCUT2D eigenvalue weighted by molar-refractivity contribution is 0.0459. The highest BCUT2D eigenvalue weighted by molar-refractivity contribution is 5.97. The third-order valence-electron chi connectivity index (χ3n) is 5.68. The zero-order valence-corrected chi connectivity index (χ0v) is 17.7. The summed E-state index contributed by atoms with van der Waals surface area (Å²) in [5.41, 5.74) is 1.92. The van der Waals surface area contributed by atoms with Gasteiger partial charge in [0.15, 0.2) is 11.6 Å². The number of rotatable bonds is 6. The number of pyridine rings is 1. The molecule has 0 radical (unpaired) electrons. The van der Waals surface area contributed by atoms with Crippen LogP contribution >= 0.6 is 0 Å². The van der Waals surface area contributed by atoms with E-state index in [1.54, 1.807) is 12.1 Å². The van der Waals surface area contributed by atoms with Gasteiger partial charge in [0, 0.05) is 12.2 Å². The smallest absolute Gasteiger partial charge is 0.258 e. The van der Waals surface area contributed by atoms with Crippen molar-refractivity contribution in [2.75, 3.05) is 6.54 Å². The number of benzene rings is 2. The number of aliphatic hydroxyl groups excluding tert-OH is 1. The van der Waals surface area contributed by atoms with Gasteiger partial charge in [0.25, 0.3) is 5.91 Å². The number of phenols is 1. The number of para-hydroxylation sites is 1. The van der Waals surface area contributed by atoms with E-state index in [2.05, 4.69) is 4.98 Å². The maximum absolute atomic E-state index is 13.8. The first-order valence-electron chi connectivity index (χ1n) is 10.6. The van der Waals surface area contributed by atoms with E-state index < -0.39 is 29.6 Å². The van der Waals surface area contributed by atoms with Crippen molar-refractivity contribution in [1.82, 2.24) is 9.88 Å². The Morgan fingerprint density at radius 2 is 1.97 bits per heavy atom. The van der Waals surface area contributed by atoms with Gasteiger partial charge in [-0.05, 0) is 49.6 Å². The number of aromatic nitrogens is 1. The van der Waals surface area contributed by atoms with Crippen molar-refractivity contribution in [3.05, 3.63) is 89.0 Å². The van der Waals surface area contributed by atoms with Crippen LogP contribution in [0.25, 0.3) is 0 Å². The Bertz CT molecular complexity index is 1110. The molecule has 2 unspecified atom stereocenters. The molecular weight excluding hydrogens is 411 g/mol. The number of likely N-dealkylation sites (tertiary alicyclic amines) is 1. The summed E-state index contributed by atoms with van der Waals surface area (Å²) in [6, 6.07) is 16.5. The van der Waals surface area contributed by atoms with Crippen LogP contribution in [-0.4, -0.2) is 38.6 Å². The number of nitrogens with zero attached hydrogens (tertiary/aromatic N) is 2. The Hall–Kier alpha value is -3.45. The summed E-state index contributed by atoms with van der Waals surface area (Å²) in [4.78, 5) is 19.0. The fraction of sp³-hybridized carbons (Fsp3) is 0.280. The van der Waals surface area contributed by atoms with Gasteiger partial charge >= 0.3 is 0 Å². The lowest BCUT2D eigenvalue weighted by Crippen LogP contribution is -2.39. The SMILES string of the molecule is Cc1ccc(OCc2ccccc2)c(C(O)C2CCCN2C(=O)c2cccc(F)c2O)n1. The van der Waals surface area contributed by atoms with E-state index in [-0.39, 0.29) is 5.56 Å². The van der Waals surface area contributed by atoms with Crippen LogP contribution in [0.4, 0.5) is 4.39 Å². The minimum atomic E-state index is -1.09. The normalized spacial score (nSPS) is 16.7. The second kappa shape index (κ2) is 9.36. The van der Waals surface area contributed by atoms with E-state index >= 15 is 0 Å². The second-order valence-electron chi connectivity index (χ2n) is 7.90. The Labute approximate surface area is 185 Å².